The number of aliphatic hydroxyl groups is 1. The van der Waals surface area contributed by atoms with Gasteiger partial charge in [0, 0.05) is 6.08 Å². The molecule has 0 amide bonds. The van der Waals surface area contributed by atoms with E-state index in [9.17, 15) is 20.1 Å². The van der Waals surface area contributed by atoms with E-state index in [-0.39, 0.29) is 23.0 Å². The van der Waals surface area contributed by atoms with Crippen LogP contribution >= 0.6 is 0 Å². The molecule has 0 aromatic heterocycles. The highest BCUT2D eigenvalue weighted by Crippen LogP contribution is 2.27. The Morgan fingerprint density at radius 1 is 0.963 bits per heavy atom. The molecule has 0 saturated heterocycles. The summed E-state index contributed by atoms with van der Waals surface area (Å²) in [5.74, 6) is -0.393. The maximum absolute atomic E-state index is 11.9. The van der Waals surface area contributed by atoms with Gasteiger partial charge < -0.3 is 24.8 Å². The van der Waals surface area contributed by atoms with Crippen molar-refractivity contribution in [2.24, 2.45) is 0 Å². The van der Waals surface area contributed by atoms with Crippen LogP contribution in [0, 0.1) is 0 Å². The molecule has 0 atom stereocenters. The molecule has 2 rings (SSSR count). The van der Waals surface area contributed by atoms with E-state index in [4.69, 9.17) is 9.47 Å². The molecule has 2 aromatic rings. The summed E-state index contributed by atoms with van der Waals surface area (Å²) >= 11 is 0. The first-order valence-corrected chi connectivity index (χ1v) is 7.95. The standard InChI is InChI=1S/C21H20O6/c1-26-20-11-14(5-9-18(20)24)3-7-16(22)13-17(23)8-4-15-6-10-19(25)21(12-15)27-2/h3-13,22,24-25H,1-2H3/p-1/b7-3+,8-4+,16-13-. The number of phenols is 1. The second-order valence-corrected chi connectivity index (χ2v) is 5.48. The van der Waals surface area contributed by atoms with Crippen molar-refractivity contribution in [2.45, 2.75) is 0 Å². The van der Waals surface area contributed by atoms with Crippen LogP contribution in [0.1, 0.15) is 11.1 Å². The minimum atomic E-state index is -0.420. The van der Waals surface area contributed by atoms with Crippen molar-refractivity contribution >= 4 is 17.9 Å². The average Bonchev–Trinajstić information content (AvgIpc) is 2.66. The van der Waals surface area contributed by atoms with Gasteiger partial charge in [0.25, 0.3) is 0 Å². The molecule has 0 aliphatic carbocycles. The van der Waals surface area contributed by atoms with Crippen molar-refractivity contribution in [1.82, 2.24) is 0 Å². The zero-order valence-electron chi connectivity index (χ0n) is 14.9. The number of allylic oxidation sites excluding steroid dienone is 3. The van der Waals surface area contributed by atoms with Gasteiger partial charge in [0.1, 0.15) is 11.5 Å². The molecule has 0 fully saturated rings. The number of ether oxygens (including phenoxy) is 2. The van der Waals surface area contributed by atoms with E-state index in [1.807, 2.05) is 0 Å². The number of rotatable bonds is 7. The zero-order valence-corrected chi connectivity index (χ0v) is 14.9. The van der Waals surface area contributed by atoms with Crippen LogP contribution in [-0.4, -0.2) is 30.2 Å². The van der Waals surface area contributed by atoms with Crippen molar-refractivity contribution in [3.05, 3.63) is 71.5 Å². The molecule has 6 heteroatoms. The molecule has 140 valence electrons. The van der Waals surface area contributed by atoms with Crippen LogP contribution in [0.15, 0.2) is 60.4 Å². The lowest BCUT2D eigenvalue weighted by molar-refractivity contribution is -0.270. The van der Waals surface area contributed by atoms with Crippen LogP contribution < -0.4 is 14.6 Å². The molecule has 2 aromatic carbocycles. The minimum Gasteiger partial charge on any atom is -0.870 e. The number of phenolic OH excluding ortho intramolecular Hbond substituents is 1. The fourth-order valence-electron chi connectivity index (χ4n) is 2.19. The third kappa shape index (κ3) is 5.67. The number of hydrogen-bond acceptors (Lipinski definition) is 6. The maximum Gasteiger partial charge on any atom is 0.182 e. The Hall–Kier alpha value is -3.67. The molecule has 0 aliphatic rings. The molecule has 0 saturated carbocycles. The van der Waals surface area contributed by atoms with Crippen LogP contribution in [0.3, 0.4) is 0 Å². The number of benzene rings is 2. The number of carbonyl (C=O) groups excluding carboxylic acids is 1. The molecule has 0 heterocycles. The van der Waals surface area contributed by atoms with Gasteiger partial charge in [-0.25, -0.2) is 0 Å². The fraction of sp³-hybridized carbons (Fsp3) is 0.0952. The van der Waals surface area contributed by atoms with Gasteiger partial charge in [0.15, 0.2) is 17.3 Å². The molecule has 0 bridgehead atoms. The number of hydrogen-bond donors (Lipinski definition) is 2. The number of carbonyl (C=O) groups is 1. The lowest BCUT2D eigenvalue weighted by atomic mass is 10.1. The Balaban J connectivity index is 2.05. The van der Waals surface area contributed by atoms with Crippen molar-refractivity contribution in [3.63, 3.8) is 0 Å². The van der Waals surface area contributed by atoms with Crippen molar-refractivity contribution in [1.29, 1.82) is 0 Å². The van der Waals surface area contributed by atoms with Gasteiger partial charge in [-0.1, -0.05) is 36.1 Å². The van der Waals surface area contributed by atoms with Gasteiger partial charge >= 0.3 is 0 Å². The van der Waals surface area contributed by atoms with Crippen LogP contribution in [0.2, 0.25) is 0 Å². The normalized spacial score (nSPS) is 11.9. The van der Waals surface area contributed by atoms with E-state index < -0.39 is 5.78 Å². The molecule has 27 heavy (non-hydrogen) atoms. The monoisotopic (exact) mass is 367 g/mol. The first-order chi connectivity index (χ1) is 12.9. The lowest BCUT2D eigenvalue weighted by Crippen LogP contribution is -1.94. The second kappa shape index (κ2) is 9.15. The smallest absolute Gasteiger partial charge is 0.182 e. The molecule has 0 unspecified atom stereocenters. The summed E-state index contributed by atoms with van der Waals surface area (Å²) in [6, 6.07) is 9.13. The summed E-state index contributed by atoms with van der Waals surface area (Å²) in [6.45, 7) is 0. The van der Waals surface area contributed by atoms with Gasteiger partial charge in [-0.05, 0) is 41.5 Å². The van der Waals surface area contributed by atoms with Gasteiger partial charge in [0.05, 0.1) is 14.2 Å². The third-order valence-corrected chi connectivity index (χ3v) is 3.57. The zero-order chi connectivity index (χ0) is 19.8. The van der Waals surface area contributed by atoms with Crippen LogP contribution in [-0.2, 0) is 4.79 Å². The van der Waals surface area contributed by atoms with E-state index in [1.165, 1.54) is 50.6 Å². The first kappa shape index (κ1) is 19.7. The van der Waals surface area contributed by atoms with E-state index >= 15 is 0 Å². The Morgan fingerprint density at radius 3 is 2.22 bits per heavy atom. The van der Waals surface area contributed by atoms with E-state index in [1.54, 1.807) is 24.3 Å². The SMILES string of the molecule is COc1cc(/C=C/C(O)=C/C(=O)/C=C/c2ccc(O)c(OC)c2)ccc1[O-]. The molecular weight excluding hydrogens is 348 g/mol. The van der Waals surface area contributed by atoms with Crippen LogP contribution in [0.4, 0.5) is 0 Å². The second-order valence-electron chi connectivity index (χ2n) is 5.48. The lowest BCUT2D eigenvalue weighted by Gasteiger charge is -2.11. The summed E-state index contributed by atoms with van der Waals surface area (Å²) in [6.07, 6.45) is 6.77. The number of methoxy groups -OCH3 is 2. The molecule has 0 aliphatic heterocycles. The van der Waals surface area contributed by atoms with Crippen LogP contribution in [0.5, 0.6) is 23.0 Å². The molecule has 0 radical (unpaired) electrons. The summed E-state index contributed by atoms with van der Waals surface area (Å²) in [5.41, 5.74) is 1.30. The first-order valence-electron chi connectivity index (χ1n) is 7.95. The number of ketones is 1. The largest absolute Gasteiger partial charge is 0.870 e. The Morgan fingerprint density at radius 2 is 1.56 bits per heavy atom. The van der Waals surface area contributed by atoms with Gasteiger partial charge in [-0.3, -0.25) is 4.79 Å². The molecular formula is C21H19O6-. The summed E-state index contributed by atoms with van der Waals surface area (Å²) in [5, 5.41) is 30.8. The van der Waals surface area contributed by atoms with E-state index in [0.717, 1.165) is 6.08 Å². The van der Waals surface area contributed by atoms with Crippen molar-refractivity contribution in [2.75, 3.05) is 14.2 Å². The van der Waals surface area contributed by atoms with E-state index in [0.29, 0.717) is 16.9 Å². The van der Waals surface area contributed by atoms with Crippen LogP contribution in [0.25, 0.3) is 12.2 Å². The van der Waals surface area contributed by atoms with Gasteiger partial charge in [-0.2, -0.15) is 0 Å². The number of aliphatic hydroxyl groups excluding tert-OH is 1. The van der Waals surface area contributed by atoms with Crippen molar-refractivity contribution < 1.29 is 29.6 Å². The summed E-state index contributed by atoms with van der Waals surface area (Å²) in [7, 11) is 2.83. The Labute approximate surface area is 156 Å². The molecule has 6 nitrogen and oxygen atoms in total. The predicted octanol–water partition coefficient (Wildman–Crippen LogP) is 3.22. The highest BCUT2D eigenvalue weighted by molar-refractivity contribution is 6.02. The third-order valence-electron chi connectivity index (χ3n) is 3.57. The Bertz CT molecular complexity index is 909. The average molecular weight is 367 g/mol. The molecule has 0 spiro atoms. The predicted molar refractivity (Wildman–Crippen MR) is 101 cm³/mol. The van der Waals surface area contributed by atoms with Gasteiger partial charge in [-0.15, -0.1) is 0 Å². The maximum atomic E-state index is 11.9. The fourth-order valence-corrected chi connectivity index (χ4v) is 2.19. The highest BCUT2D eigenvalue weighted by Gasteiger charge is 2.01. The minimum absolute atomic E-state index is 0.00490. The van der Waals surface area contributed by atoms with Gasteiger partial charge in [0.2, 0.25) is 0 Å². The number of aromatic hydroxyl groups is 1. The van der Waals surface area contributed by atoms with E-state index in [2.05, 4.69) is 0 Å². The Kier molecular flexibility index (Phi) is 6.66. The summed E-state index contributed by atoms with van der Waals surface area (Å²) in [4.78, 5) is 11.9. The highest BCUT2D eigenvalue weighted by atomic mass is 16.5. The summed E-state index contributed by atoms with van der Waals surface area (Å²) < 4.78 is 9.94. The van der Waals surface area contributed by atoms with Crippen molar-refractivity contribution in [3.8, 4) is 23.0 Å². The molecule has 2 N–H and O–H groups in total. The topological polar surface area (TPSA) is 99.1 Å². The quantitative estimate of drug-likeness (QED) is 0.443.